The molecule has 2 aliphatic rings. The zero-order valence-electron chi connectivity index (χ0n) is 12.0. The highest BCUT2D eigenvalue weighted by Gasteiger charge is 2.41. The van der Waals surface area contributed by atoms with Gasteiger partial charge < -0.3 is 16.2 Å². The molecule has 3 unspecified atom stereocenters. The van der Waals surface area contributed by atoms with Crippen molar-refractivity contribution in [1.82, 2.24) is 0 Å². The van der Waals surface area contributed by atoms with Crippen molar-refractivity contribution in [3.8, 4) is 0 Å². The Bertz CT molecular complexity index is 411. The first-order valence-electron chi connectivity index (χ1n) is 7.34. The quantitative estimate of drug-likeness (QED) is 0.743. The van der Waals surface area contributed by atoms with Crippen LogP contribution in [-0.2, 0) is 9.53 Å². The van der Waals surface area contributed by atoms with Gasteiger partial charge in [0.05, 0.1) is 24.5 Å². The average Bonchev–Trinajstić information content (AvgIpc) is 2.46. The first-order chi connectivity index (χ1) is 9.72. The third kappa shape index (κ3) is 2.91. The number of nitrogens with two attached hydrogens (primary N) is 2. The molecule has 2 rings (SSSR count). The summed E-state index contributed by atoms with van der Waals surface area (Å²) in [7, 11) is 1.44. The molecule has 1 saturated carbocycles. The predicted octanol–water partition coefficient (Wildman–Crippen LogP) is 0.700. The van der Waals surface area contributed by atoms with Crippen LogP contribution in [0.5, 0.6) is 0 Å². The Labute approximate surface area is 119 Å². The van der Waals surface area contributed by atoms with Crippen molar-refractivity contribution in [2.24, 2.45) is 39.4 Å². The van der Waals surface area contributed by atoms with E-state index >= 15 is 0 Å². The number of methoxy groups -OCH3 is 1. The summed E-state index contributed by atoms with van der Waals surface area (Å²) < 4.78 is 4.99. The molecule has 0 aromatic rings. The standard InChI is InChI=1S/C14H24N4O2/c1-20-14(19)10-6-4-2-3-5-9-11(7-15)17-18-12(8-16)13(9)10/h9-10,13H,2-8,15-16H2,1H3. The molecule has 4 N–H and O–H groups in total. The van der Waals surface area contributed by atoms with Crippen LogP contribution in [-0.4, -0.2) is 37.6 Å². The molecule has 0 bridgehead atoms. The van der Waals surface area contributed by atoms with E-state index in [1.165, 1.54) is 7.11 Å². The van der Waals surface area contributed by atoms with Crippen LogP contribution in [0.15, 0.2) is 10.2 Å². The van der Waals surface area contributed by atoms with Gasteiger partial charge >= 0.3 is 5.97 Å². The van der Waals surface area contributed by atoms with E-state index in [0.717, 1.165) is 43.5 Å². The van der Waals surface area contributed by atoms with Gasteiger partial charge in [0.2, 0.25) is 0 Å². The number of hydrogen-bond donors (Lipinski definition) is 2. The maximum absolute atomic E-state index is 12.2. The van der Waals surface area contributed by atoms with Crippen LogP contribution < -0.4 is 11.5 Å². The highest BCUT2D eigenvalue weighted by Crippen LogP contribution is 2.36. The van der Waals surface area contributed by atoms with E-state index in [-0.39, 0.29) is 23.7 Å². The molecule has 1 fully saturated rings. The second-order valence-electron chi connectivity index (χ2n) is 5.49. The summed E-state index contributed by atoms with van der Waals surface area (Å²) in [5.74, 6) is -0.157. The van der Waals surface area contributed by atoms with Crippen LogP contribution >= 0.6 is 0 Å². The minimum Gasteiger partial charge on any atom is -0.469 e. The second kappa shape index (κ2) is 6.95. The molecule has 6 heteroatoms. The number of nitrogens with zero attached hydrogens (tertiary/aromatic N) is 2. The smallest absolute Gasteiger partial charge is 0.309 e. The van der Waals surface area contributed by atoms with Crippen LogP contribution in [0.2, 0.25) is 0 Å². The van der Waals surface area contributed by atoms with E-state index < -0.39 is 0 Å². The Hall–Kier alpha value is -1.27. The third-order valence-corrected chi connectivity index (χ3v) is 4.44. The van der Waals surface area contributed by atoms with Crippen molar-refractivity contribution in [2.75, 3.05) is 20.2 Å². The third-order valence-electron chi connectivity index (χ3n) is 4.44. The number of hydrogen-bond acceptors (Lipinski definition) is 6. The molecule has 0 saturated heterocycles. The van der Waals surface area contributed by atoms with E-state index in [1.807, 2.05) is 0 Å². The summed E-state index contributed by atoms with van der Waals surface area (Å²) in [4.78, 5) is 12.2. The Morgan fingerprint density at radius 3 is 2.45 bits per heavy atom. The Balaban J connectivity index is 2.36. The van der Waals surface area contributed by atoms with Gasteiger partial charge in [0, 0.05) is 24.9 Å². The molecule has 3 atom stereocenters. The van der Waals surface area contributed by atoms with Crippen molar-refractivity contribution in [3.05, 3.63) is 0 Å². The Kier molecular flexibility index (Phi) is 5.25. The fraction of sp³-hybridized carbons (Fsp3) is 0.786. The fourth-order valence-electron chi connectivity index (χ4n) is 3.44. The van der Waals surface area contributed by atoms with Gasteiger partial charge in [-0.25, -0.2) is 0 Å². The number of carbonyl (C=O) groups is 1. The highest BCUT2D eigenvalue weighted by atomic mass is 16.5. The van der Waals surface area contributed by atoms with Crippen molar-refractivity contribution in [1.29, 1.82) is 0 Å². The maximum Gasteiger partial charge on any atom is 0.309 e. The molecular formula is C14H24N4O2. The SMILES string of the molecule is COC(=O)C1CCCCCC2C(CN)=NN=C(CN)C12. The number of fused-ring (bicyclic) bond motifs is 1. The van der Waals surface area contributed by atoms with Crippen LogP contribution in [0.4, 0.5) is 0 Å². The van der Waals surface area contributed by atoms with Gasteiger partial charge in [-0.3, -0.25) is 4.79 Å². The van der Waals surface area contributed by atoms with Crippen molar-refractivity contribution < 1.29 is 9.53 Å². The summed E-state index contributed by atoms with van der Waals surface area (Å²) in [5.41, 5.74) is 13.3. The van der Waals surface area contributed by atoms with Gasteiger partial charge in [-0.1, -0.05) is 19.3 Å². The van der Waals surface area contributed by atoms with E-state index in [2.05, 4.69) is 10.2 Å². The van der Waals surface area contributed by atoms with Crippen molar-refractivity contribution in [3.63, 3.8) is 0 Å². The van der Waals surface area contributed by atoms with Crippen LogP contribution in [0, 0.1) is 17.8 Å². The molecule has 20 heavy (non-hydrogen) atoms. The molecule has 1 aliphatic heterocycles. The van der Waals surface area contributed by atoms with Gasteiger partial charge in [-0.2, -0.15) is 10.2 Å². The lowest BCUT2D eigenvalue weighted by Gasteiger charge is -2.36. The Morgan fingerprint density at radius 1 is 1.15 bits per heavy atom. The summed E-state index contributed by atoms with van der Waals surface area (Å²) in [6, 6.07) is 0. The predicted molar refractivity (Wildman–Crippen MR) is 78.5 cm³/mol. The monoisotopic (exact) mass is 280 g/mol. The summed E-state index contributed by atoms with van der Waals surface area (Å²) in [5, 5.41) is 8.44. The number of esters is 1. The van der Waals surface area contributed by atoms with Crippen LogP contribution in [0.1, 0.15) is 32.1 Å². The van der Waals surface area contributed by atoms with Crippen molar-refractivity contribution >= 4 is 17.4 Å². The molecule has 1 heterocycles. The van der Waals surface area contributed by atoms with Crippen LogP contribution in [0.25, 0.3) is 0 Å². The molecule has 0 aromatic heterocycles. The first-order valence-corrected chi connectivity index (χ1v) is 7.34. The van der Waals surface area contributed by atoms with E-state index in [4.69, 9.17) is 16.2 Å². The molecular weight excluding hydrogens is 256 g/mol. The summed E-state index contributed by atoms with van der Waals surface area (Å²) in [6.07, 6.45) is 5.11. The van der Waals surface area contributed by atoms with Gasteiger partial charge in [0.25, 0.3) is 0 Å². The second-order valence-corrected chi connectivity index (χ2v) is 5.49. The van der Waals surface area contributed by atoms with Crippen LogP contribution in [0.3, 0.4) is 0 Å². The van der Waals surface area contributed by atoms with Crippen molar-refractivity contribution in [2.45, 2.75) is 32.1 Å². The lowest BCUT2D eigenvalue weighted by molar-refractivity contribution is -0.147. The first kappa shape index (κ1) is 15.1. The number of carbonyl (C=O) groups excluding carboxylic acids is 1. The largest absolute Gasteiger partial charge is 0.469 e. The van der Waals surface area contributed by atoms with Gasteiger partial charge in [0.1, 0.15) is 0 Å². The van der Waals surface area contributed by atoms with E-state index in [9.17, 15) is 4.79 Å². The molecule has 0 aromatic carbocycles. The lowest BCUT2D eigenvalue weighted by Crippen LogP contribution is -2.46. The van der Waals surface area contributed by atoms with E-state index in [1.54, 1.807) is 0 Å². The molecule has 1 aliphatic carbocycles. The average molecular weight is 280 g/mol. The van der Waals surface area contributed by atoms with E-state index in [0.29, 0.717) is 13.1 Å². The zero-order valence-corrected chi connectivity index (χ0v) is 12.0. The maximum atomic E-state index is 12.2. The fourth-order valence-corrected chi connectivity index (χ4v) is 3.44. The molecule has 6 nitrogen and oxygen atoms in total. The minimum atomic E-state index is -0.176. The normalized spacial score (nSPS) is 30.4. The van der Waals surface area contributed by atoms with Gasteiger partial charge in [-0.05, 0) is 12.8 Å². The van der Waals surface area contributed by atoms with Gasteiger partial charge in [0.15, 0.2) is 0 Å². The molecule has 0 radical (unpaired) electrons. The molecule has 112 valence electrons. The number of ether oxygens (including phenoxy) is 1. The minimum absolute atomic E-state index is 0.00352. The molecule has 0 amide bonds. The Morgan fingerprint density at radius 2 is 1.80 bits per heavy atom. The number of rotatable bonds is 3. The summed E-state index contributed by atoms with van der Waals surface area (Å²) in [6.45, 7) is 0.715. The molecule has 0 spiro atoms. The summed E-state index contributed by atoms with van der Waals surface area (Å²) >= 11 is 0. The topological polar surface area (TPSA) is 103 Å². The lowest BCUT2D eigenvalue weighted by atomic mass is 9.70. The van der Waals surface area contributed by atoms with Gasteiger partial charge in [-0.15, -0.1) is 0 Å². The zero-order chi connectivity index (χ0) is 14.5. The highest BCUT2D eigenvalue weighted by molar-refractivity contribution is 6.01.